The Kier molecular flexibility index (Phi) is 5.27. The second-order valence-electron chi connectivity index (χ2n) is 8.41. The Hall–Kier alpha value is -4.17. The molecule has 0 bridgehead atoms. The first-order valence-electron chi connectivity index (χ1n) is 10.9. The highest BCUT2D eigenvalue weighted by molar-refractivity contribution is 5.76. The number of aliphatic carboxylic acids is 1. The Morgan fingerprint density at radius 2 is 1.39 bits per heavy atom. The number of rotatable bonds is 7. The van der Waals surface area contributed by atoms with Crippen molar-refractivity contribution in [3.05, 3.63) is 137 Å². The number of aromatic nitrogens is 2. The number of carboxylic acids is 1. The molecule has 162 valence electrons. The molecule has 1 aliphatic carbocycles. The van der Waals surface area contributed by atoms with Crippen LogP contribution in [0.4, 0.5) is 0 Å². The van der Waals surface area contributed by atoms with Gasteiger partial charge in [-0.15, -0.1) is 0 Å². The van der Waals surface area contributed by atoms with Crippen LogP contribution in [0.2, 0.25) is 0 Å². The summed E-state index contributed by atoms with van der Waals surface area (Å²) in [6, 6.07) is 30.8. The van der Waals surface area contributed by atoms with Crippen LogP contribution in [0.1, 0.15) is 28.3 Å². The molecule has 1 fully saturated rings. The summed E-state index contributed by atoms with van der Waals surface area (Å²) in [5.74, 6) is -1.84. The number of imidazole rings is 1. The summed E-state index contributed by atoms with van der Waals surface area (Å²) < 4.78 is 2.09. The highest BCUT2D eigenvalue weighted by atomic mass is 16.4. The van der Waals surface area contributed by atoms with Crippen molar-refractivity contribution in [2.75, 3.05) is 6.54 Å². The van der Waals surface area contributed by atoms with Crippen LogP contribution in [-0.2, 0) is 10.3 Å². The fourth-order valence-electron chi connectivity index (χ4n) is 5.13. The lowest BCUT2D eigenvalue weighted by molar-refractivity contribution is -0.138. The van der Waals surface area contributed by atoms with Gasteiger partial charge in [-0.2, -0.15) is 0 Å². The Labute approximate surface area is 192 Å². The van der Waals surface area contributed by atoms with E-state index in [0.717, 1.165) is 22.4 Å². The molecule has 1 N–H and O–H groups in total. The molecule has 1 aliphatic rings. The van der Waals surface area contributed by atoms with Gasteiger partial charge >= 0.3 is 5.97 Å². The van der Waals surface area contributed by atoms with E-state index in [-0.39, 0.29) is 18.4 Å². The van der Waals surface area contributed by atoms with Gasteiger partial charge in [0, 0.05) is 12.1 Å². The molecule has 0 saturated heterocycles. The topological polar surface area (TPSA) is 59.5 Å². The van der Waals surface area contributed by atoms with Crippen molar-refractivity contribution < 1.29 is 9.90 Å². The molecule has 1 saturated carbocycles. The van der Waals surface area contributed by atoms with Crippen molar-refractivity contribution >= 4 is 5.97 Å². The molecule has 33 heavy (non-hydrogen) atoms. The minimum atomic E-state index is -0.858. The minimum Gasteiger partial charge on any atom is -0.481 e. The monoisotopic (exact) mass is 433 g/mol. The smallest absolute Gasteiger partial charge is 0.307 e. The number of hydrogen-bond donors (Lipinski definition) is 1. The molecule has 4 aromatic rings. The van der Waals surface area contributed by atoms with Crippen LogP contribution in [0.5, 0.6) is 0 Å². The van der Waals surface area contributed by atoms with Crippen molar-refractivity contribution in [1.82, 2.24) is 9.55 Å². The molecule has 1 aromatic heterocycles. The van der Waals surface area contributed by atoms with E-state index in [0.29, 0.717) is 0 Å². The van der Waals surface area contributed by atoms with E-state index in [1.165, 1.54) is 0 Å². The highest BCUT2D eigenvalue weighted by Crippen LogP contribution is 2.54. The number of benzene rings is 3. The summed E-state index contributed by atoms with van der Waals surface area (Å²) in [4.78, 5) is 19.9. The van der Waals surface area contributed by atoms with Crippen molar-refractivity contribution in [1.29, 1.82) is 0 Å². The van der Waals surface area contributed by atoms with Gasteiger partial charge < -0.3 is 14.5 Å². The molecule has 5 rings (SSSR count). The van der Waals surface area contributed by atoms with Crippen LogP contribution in [-0.4, -0.2) is 27.2 Å². The van der Waals surface area contributed by atoms with Crippen molar-refractivity contribution in [3.63, 3.8) is 0 Å². The van der Waals surface area contributed by atoms with Crippen LogP contribution < -0.4 is 0 Å². The Morgan fingerprint density at radius 1 is 0.909 bits per heavy atom. The Bertz CT molecular complexity index is 1200. The normalized spacial score (nSPS) is 19.5. The highest BCUT2D eigenvalue weighted by Gasteiger charge is 2.59. The predicted octanol–water partition coefficient (Wildman–Crippen LogP) is 5.06. The molecule has 0 radical (unpaired) electrons. The zero-order chi connectivity index (χ0) is 22.8. The van der Waals surface area contributed by atoms with E-state index in [2.05, 4.69) is 50.8 Å². The third-order valence-corrected chi connectivity index (χ3v) is 6.66. The average molecular weight is 434 g/mol. The minimum absolute atomic E-state index is 0.192. The predicted molar refractivity (Wildman–Crippen MR) is 126 cm³/mol. The molecular weight excluding hydrogens is 410 g/mol. The van der Waals surface area contributed by atoms with Gasteiger partial charge in [-0.1, -0.05) is 91.0 Å². The number of carbonyl (C=O) groups is 1. The quantitative estimate of drug-likeness (QED) is 0.327. The van der Waals surface area contributed by atoms with Gasteiger partial charge in [-0.3, -0.25) is 4.79 Å². The van der Waals surface area contributed by atoms with Crippen molar-refractivity contribution in [2.45, 2.75) is 11.5 Å². The third kappa shape index (κ3) is 3.41. The van der Waals surface area contributed by atoms with E-state index in [9.17, 15) is 9.90 Å². The van der Waals surface area contributed by atoms with Gasteiger partial charge in [-0.25, -0.2) is 11.6 Å². The first-order chi connectivity index (χ1) is 16.2. The lowest BCUT2D eigenvalue weighted by atomic mass is 9.77. The van der Waals surface area contributed by atoms with Crippen LogP contribution in [0.25, 0.3) is 4.85 Å². The van der Waals surface area contributed by atoms with Gasteiger partial charge in [0.1, 0.15) is 5.54 Å². The second kappa shape index (κ2) is 8.40. The molecule has 0 aliphatic heterocycles. The fraction of sp³-hybridized carbons (Fsp3) is 0.179. The molecule has 3 atom stereocenters. The second-order valence-corrected chi connectivity index (χ2v) is 8.41. The standard InChI is InChI=1S/C28H23N3O2/c1-29-17-23-25(26(23)27(32)33)24-18-31(19-30-24)28(20-11-5-2-6-12-20,21-13-7-3-8-14-21)22-15-9-4-10-16-22/h2-16,18-19,23,25-26H,17H2,(H,32,33)/t23-,25+,26+/m0/s1. The summed E-state index contributed by atoms with van der Waals surface area (Å²) in [6.45, 7) is 7.41. The van der Waals surface area contributed by atoms with Crippen LogP contribution in [0.3, 0.4) is 0 Å². The van der Waals surface area contributed by atoms with Gasteiger partial charge in [-0.05, 0) is 16.7 Å². The first kappa shape index (κ1) is 20.7. The maximum absolute atomic E-state index is 11.8. The summed E-state index contributed by atoms with van der Waals surface area (Å²) >= 11 is 0. The maximum Gasteiger partial charge on any atom is 0.307 e. The molecule has 5 nitrogen and oxygen atoms in total. The molecule has 3 aromatic carbocycles. The summed E-state index contributed by atoms with van der Waals surface area (Å²) in [5, 5.41) is 9.65. The first-order valence-corrected chi connectivity index (χ1v) is 10.9. The van der Waals surface area contributed by atoms with E-state index >= 15 is 0 Å². The van der Waals surface area contributed by atoms with Crippen LogP contribution in [0, 0.1) is 18.4 Å². The Balaban J connectivity index is 1.72. The van der Waals surface area contributed by atoms with Gasteiger partial charge in [0.25, 0.3) is 0 Å². The van der Waals surface area contributed by atoms with Gasteiger partial charge in [0.05, 0.1) is 23.9 Å². The van der Waals surface area contributed by atoms with E-state index in [1.54, 1.807) is 6.33 Å². The lowest BCUT2D eigenvalue weighted by Crippen LogP contribution is -2.36. The molecule has 0 unspecified atom stereocenters. The molecule has 0 spiro atoms. The van der Waals surface area contributed by atoms with E-state index in [1.807, 2.05) is 60.8 Å². The number of nitrogens with zero attached hydrogens (tertiary/aromatic N) is 3. The summed E-state index contributed by atoms with van der Waals surface area (Å²) in [5.41, 5.74) is 3.28. The third-order valence-electron chi connectivity index (χ3n) is 6.66. The SMILES string of the molecule is [C-]#[N+]C[C@@H]1[C@@H](C(=O)O)[C@H]1c1cn(C(c2ccccc2)(c2ccccc2)c2ccccc2)cn1. The molecule has 1 heterocycles. The fourth-order valence-corrected chi connectivity index (χ4v) is 5.13. The largest absolute Gasteiger partial charge is 0.481 e. The van der Waals surface area contributed by atoms with Crippen molar-refractivity contribution in [3.8, 4) is 0 Å². The average Bonchev–Trinajstić information content (AvgIpc) is 3.37. The van der Waals surface area contributed by atoms with Gasteiger partial charge in [0.2, 0.25) is 6.54 Å². The molecular formula is C28H23N3O2. The van der Waals surface area contributed by atoms with E-state index in [4.69, 9.17) is 6.57 Å². The Morgan fingerprint density at radius 3 is 1.82 bits per heavy atom. The van der Waals surface area contributed by atoms with E-state index < -0.39 is 17.4 Å². The number of hydrogen-bond acceptors (Lipinski definition) is 2. The molecule has 0 amide bonds. The zero-order valence-electron chi connectivity index (χ0n) is 18.0. The van der Waals surface area contributed by atoms with Crippen molar-refractivity contribution in [2.24, 2.45) is 11.8 Å². The van der Waals surface area contributed by atoms with Crippen LogP contribution in [0.15, 0.2) is 104 Å². The maximum atomic E-state index is 11.8. The number of carboxylic acid groups (broad SMARTS) is 1. The van der Waals surface area contributed by atoms with Gasteiger partial charge in [0.15, 0.2) is 0 Å². The zero-order valence-corrected chi connectivity index (χ0v) is 18.0. The lowest BCUT2D eigenvalue weighted by Gasteiger charge is -2.37. The van der Waals surface area contributed by atoms with Crippen LogP contribution >= 0.6 is 0 Å². The summed E-state index contributed by atoms with van der Waals surface area (Å²) in [7, 11) is 0. The molecule has 5 heteroatoms. The summed E-state index contributed by atoms with van der Waals surface area (Å²) in [6.07, 6.45) is 3.77.